The fraction of sp³-hybridized carbons (Fsp3) is 0.185. The van der Waals surface area contributed by atoms with Gasteiger partial charge in [-0.15, -0.1) is 0 Å². The number of hydrazone groups is 1. The Kier molecular flexibility index (Phi) is 5.46. The highest BCUT2D eigenvalue weighted by molar-refractivity contribution is 5.94. The first-order valence-electron chi connectivity index (χ1n) is 10.8. The lowest BCUT2D eigenvalue weighted by atomic mass is 9.77. The van der Waals surface area contributed by atoms with Crippen LogP contribution in [0.25, 0.3) is 0 Å². The standard InChI is InChI=1S/C27H25N3O2/c1-32-21-15-9-18(10-16-21)17-28-30-27(31)20-13-11-19(12-14-20)26-24-7-4-6-22(24)23-5-2-3-8-25(23)29-26/h2-6,8-17,22,24,26,29H,7H2,1H3,(H,30,31)/b28-17+. The van der Waals surface area contributed by atoms with Crippen LogP contribution in [0.15, 0.2) is 90.0 Å². The van der Waals surface area contributed by atoms with Crippen LogP contribution in [0.1, 0.15) is 45.4 Å². The molecule has 0 spiro atoms. The van der Waals surface area contributed by atoms with Crippen LogP contribution in [-0.2, 0) is 0 Å². The maximum atomic E-state index is 12.5. The van der Waals surface area contributed by atoms with Gasteiger partial charge in [-0.3, -0.25) is 4.79 Å². The first kappa shape index (κ1) is 20.1. The molecule has 3 unspecified atom stereocenters. The number of ether oxygens (including phenoxy) is 1. The summed E-state index contributed by atoms with van der Waals surface area (Å²) >= 11 is 0. The van der Waals surface area contributed by atoms with Crippen molar-refractivity contribution in [3.05, 3.63) is 107 Å². The van der Waals surface area contributed by atoms with Crippen molar-refractivity contribution in [2.24, 2.45) is 11.0 Å². The Hall–Kier alpha value is -3.86. The molecule has 1 aliphatic heterocycles. The maximum Gasteiger partial charge on any atom is 0.271 e. The Morgan fingerprint density at radius 2 is 1.84 bits per heavy atom. The molecule has 0 bridgehead atoms. The largest absolute Gasteiger partial charge is 0.497 e. The van der Waals surface area contributed by atoms with Crippen molar-refractivity contribution in [2.75, 3.05) is 12.4 Å². The van der Waals surface area contributed by atoms with Gasteiger partial charge in [0, 0.05) is 17.2 Å². The smallest absolute Gasteiger partial charge is 0.271 e. The lowest BCUT2D eigenvalue weighted by Crippen LogP contribution is -2.29. The maximum absolute atomic E-state index is 12.5. The second-order valence-corrected chi connectivity index (χ2v) is 8.16. The zero-order valence-electron chi connectivity index (χ0n) is 17.9. The van der Waals surface area contributed by atoms with Crippen LogP contribution in [0, 0.1) is 5.92 Å². The zero-order valence-corrected chi connectivity index (χ0v) is 17.9. The normalized spacial score (nSPS) is 21.0. The highest BCUT2D eigenvalue weighted by Gasteiger charge is 2.37. The van der Waals surface area contributed by atoms with Gasteiger partial charge in [-0.1, -0.05) is 42.5 Å². The van der Waals surface area contributed by atoms with Gasteiger partial charge in [0.15, 0.2) is 0 Å². The van der Waals surface area contributed by atoms with Gasteiger partial charge >= 0.3 is 0 Å². The van der Waals surface area contributed by atoms with Gasteiger partial charge in [-0.2, -0.15) is 5.10 Å². The van der Waals surface area contributed by atoms with Crippen molar-refractivity contribution in [3.63, 3.8) is 0 Å². The molecule has 0 saturated heterocycles. The molecule has 5 nitrogen and oxygen atoms in total. The van der Waals surface area contributed by atoms with E-state index in [0.717, 1.165) is 17.7 Å². The molecule has 3 aromatic rings. The predicted octanol–water partition coefficient (Wildman–Crippen LogP) is 5.29. The zero-order chi connectivity index (χ0) is 21.9. The van der Waals surface area contributed by atoms with Crippen LogP contribution >= 0.6 is 0 Å². The number of amides is 1. The highest BCUT2D eigenvalue weighted by Crippen LogP contribution is 2.49. The van der Waals surface area contributed by atoms with Gasteiger partial charge in [0.1, 0.15) is 5.75 Å². The summed E-state index contributed by atoms with van der Waals surface area (Å²) in [6.07, 6.45) is 7.29. The van der Waals surface area contributed by atoms with Gasteiger partial charge in [0.25, 0.3) is 5.91 Å². The van der Waals surface area contributed by atoms with Crippen LogP contribution in [0.3, 0.4) is 0 Å². The molecular formula is C27H25N3O2. The minimum atomic E-state index is -0.233. The molecule has 0 aromatic heterocycles. The van der Waals surface area contributed by atoms with Crippen LogP contribution in [0.4, 0.5) is 5.69 Å². The van der Waals surface area contributed by atoms with Crippen molar-refractivity contribution >= 4 is 17.8 Å². The Morgan fingerprint density at radius 1 is 1.06 bits per heavy atom. The SMILES string of the molecule is COc1ccc(/C=N/NC(=O)c2ccc(C3Nc4ccccc4C4C=CCC43)cc2)cc1. The molecule has 5 rings (SSSR count). The van der Waals surface area contributed by atoms with Gasteiger partial charge in [0.05, 0.1) is 19.4 Å². The molecule has 0 saturated carbocycles. The minimum absolute atomic E-state index is 0.218. The molecule has 1 amide bonds. The van der Waals surface area contributed by atoms with Crippen LogP contribution in [0.5, 0.6) is 5.75 Å². The van der Waals surface area contributed by atoms with E-state index in [1.54, 1.807) is 13.3 Å². The third kappa shape index (κ3) is 3.89. The monoisotopic (exact) mass is 423 g/mol. The van der Waals surface area contributed by atoms with E-state index in [2.05, 4.69) is 52.3 Å². The molecule has 1 heterocycles. The van der Waals surface area contributed by atoms with Crippen molar-refractivity contribution in [1.29, 1.82) is 0 Å². The van der Waals surface area contributed by atoms with Gasteiger partial charge in [-0.25, -0.2) is 5.43 Å². The summed E-state index contributed by atoms with van der Waals surface area (Å²) in [5.74, 6) is 1.47. The Labute approximate surface area is 187 Å². The summed E-state index contributed by atoms with van der Waals surface area (Å²) in [4.78, 5) is 12.5. The number of allylic oxidation sites excluding steroid dienone is 2. The predicted molar refractivity (Wildman–Crippen MR) is 127 cm³/mol. The number of hydrogen-bond acceptors (Lipinski definition) is 4. The molecule has 5 heteroatoms. The van der Waals surface area contributed by atoms with E-state index in [4.69, 9.17) is 4.74 Å². The number of methoxy groups -OCH3 is 1. The molecule has 2 N–H and O–H groups in total. The van der Waals surface area contributed by atoms with Crippen LogP contribution < -0.4 is 15.5 Å². The number of carbonyl (C=O) groups excluding carboxylic acids is 1. The number of anilines is 1. The molecule has 32 heavy (non-hydrogen) atoms. The molecule has 1 aliphatic carbocycles. The second-order valence-electron chi connectivity index (χ2n) is 8.16. The number of rotatable bonds is 5. The topological polar surface area (TPSA) is 62.7 Å². The molecule has 0 fully saturated rings. The number of benzene rings is 3. The summed E-state index contributed by atoms with van der Waals surface area (Å²) in [7, 11) is 1.63. The van der Waals surface area contributed by atoms with E-state index in [0.29, 0.717) is 17.4 Å². The van der Waals surface area contributed by atoms with E-state index >= 15 is 0 Å². The van der Waals surface area contributed by atoms with E-state index < -0.39 is 0 Å². The van der Waals surface area contributed by atoms with E-state index in [1.165, 1.54) is 16.8 Å². The van der Waals surface area contributed by atoms with Gasteiger partial charge < -0.3 is 10.1 Å². The average molecular weight is 424 g/mol. The summed E-state index contributed by atoms with van der Waals surface area (Å²) < 4.78 is 5.14. The molecule has 3 aromatic carbocycles. The van der Waals surface area contributed by atoms with Crippen molar-refractivity contribution in [3.8, 4) is 5.75 Å². The Bertz CT molecular complexity index is 1170. The van der Waals surface area contributed by atoms with Crippen molar-refractivity contribution in [1.82, 2.24) is 5.43 Å². The number of hydrogen-bond donors (Lipinski definition) is 2. The molecule has 3 atom stereocenters. The molecular weight excluding hydrogens is 398 g/mol. The molecule has 0 radical (unpaired) electrons. The summed E-state index contributed by atoms with van der Waals surface area (Å²) in [6, 6.07) is 24.0. The molecule has 2 aliphatic rings. The lowest BCUT2D eigenvalue weighted by molar-refractivity contribution is 0.0955. The number of fused-ring (bicyclic) bond motifs is 3. The third-order valence-corrected chi connectivity index (χ3v) is 6.30. The fourth-order valence-corrected chi connectivity index (χ4v) is 4.64. The molecule has 160 valence electrons. The van der Waals surface area contributed by atoms with E-state index in [1.807, 2.05) is 48.5 Å². The lowest BCUT2D eigenvalue weighted by Gasteiger charge is -2.37. The minimum Gasteiger partial charge on any atom is -0.497 e. The van der Waals surface area contributed by atoms with Gasteiger partial charge in [-0.05, 0) is 71.5 Å². The number of nitrogens with zero attached hydrogens (tertiary/aromatic N) is 1. The third-order valence-electron chi connectivity index (χ3n) is 6.30. The quantitative estimate of drug-likeness (QED) is 0.333. The summed E-state index contributed by atoms with van der Waals surface area (Å²) in [5.41, 5.74) is 7.81. The fourth-order valence-electron chi connectivity index (χ4n) is 4.64. The van der Waals surface area contributed by atoms with Crippen LogP contribution in [0.2, 0.25) is 0 Å². The van der Waals surface area contributed by atoms with E-state index in [9.17, 15) is 4.79 Å². The first-order chi connectivity index (χ1) is 15.7. The van der Waals surface area contributed by atoms with Crippen molar-refractivity contribution in [2.45, 2.75) is 18.4 Å². The average Bonchev–Trinajstić information content (AvgIpc) is 3.34. The van der Waals surface area contributed by atoms with Crippen molar-refractivity contribution < 1.29 is 9.53 Å². The second kappa shape index (κ2) is 8.71. The Balaban J connectivity index is 1.27. The summed E-state index contributed by atoms with van der Waals surface area (Å²) in [5, 5.41) is 7.79. The van der Waals surface area contributed by atoms with E-state index in [-0.39, 0.29) is 11.9 Å². The van der Waals surface area contributed by atoms with Gasteiger partial charge in [0.2, 0.25) is 0 Å². The highest BCUT2D eigenvalue weighted by atomic mass is 16.5. The van der Waals surface area contributed by atoms with Crippen LogP contribution in [-0.4, -0.2) is 19.2 Å². The summed E-state index contributed by atoms with van der Waals surface area (Å²) in [6.45, 7) is 0. The number of carbonyl (C=O) groups is 1. The first-order valence-corrected chi connectivity index (χ1v) is 10.8. The Morgan fingerprint density at radius 3 is 2.62 bits per heavy atom. The number of nitrogens with one attached hydrogen (secondary N) is 2. The number of para-hydroxylation sites is 1.